The zero-order valence-electron chi connectivity index (χ0n) is 10.6. The average Bonchev–Trinajstić information content (AvgIpc) is 2.19. The van der Waals surface area contributed by atoms with E-state index in [1.165, 1.54) is 0 Å². The van der Waals surface area contributed by atoms with Crippen LogP contribution in [0.3, 0.4) is 0 Å². The monoisotopic (exact) mass is 248 g/mol. The molecule has 0 aliphatic heterocycles. The van der Waals surface area contributed by atoms with Gasteiger partial charge in [0.15, 0.2) is 0 Å². The predicted molar refractivity (Wildman–Crippen MR) is 63.9 cm³/mol. The summed E-state index contributed by atoms with van der Waals surface area (Å²) in [6.45, 7) is 5.79. The van der Waals surface area contributed by atoms with Crippen LogP contribution in [0.15, 0.2) is 30.3 Å². The molecule has 0 bridgehead atoms. The Hall–Kier alpha value is -1.32. The van der Waals surface area contributed by atoms with Crippen molar-refractivity contribution < 1.29 is 18.0 Å². The van der Waals surface area contributed by atoms with E-state index in [2.05, 4.69) is 0 Å². The fourth-order valence-corrected chi connectivity index (χ4v) is 0.883. The van der Waals surface area contributed by atoms with Gasteiger partial charge in [0, 0.05) is 13.3 Å². The maximum absolute atomic E-state index is 10.6. The molecule has 0 unspecified atom stereocenters. The number of hydrogen-bond acceptors (Lipinski definition) is 1. The number of ketones is 1. The van der Waals surface area contributed by atoms with Gasteiger partial charge in [-0.3, -0.25) is 4.79 Å². The van der Waals surface area contributed by atoms with Crippen molar-refractivity contribution in [2.75, 3.05) is 0 Å². The molecule has 0 spiro atoms. The Morgan fingerprint density at radius 1 is 1.12 bits per heavy atom. The zero-order valence-corrected chi connectivity index (χ0v) is 10.6. The highest BCUT2D eigenvalue weighted by molar-refractivity contribution is 5.78. The van der Waals surface area contributed by atoms with Gasteiger partial charge in [0.1, 0.15) is 5.78 Å². The summed E-state index contributed by atoms with van der Waals surface area (Å²) in [5.41, 5.74) is 1.09. The fourth-order valence-electron chi connectivity index (χ4n) is 0.883. The molecule has 0 aliphatic rings. The van der Waals surface area contributed by atoms with Gasteiger partial charge in [0.25, 0.3) is 0 Å². The third-order valence-electron chi connectivity index (χ3n) is 1.30. The number of carbonyl (C=O) groups is 1. The van der Waals surface area contributed by atoms with Crippen LogP contribution in [-0.4, -0.2) is 12.0 Å². The van der Waals surface area contributed by atoms with Gasteiger partial charge in [0.05, 0.1) is 0 Å². The van der Waals surface area contributed by atoms with Gasteiger partial charge in [0.2, 0.25) is 0 Å². The van der Waals surface area contributed by atoms with Crippen LogP contribution in [-0.2, 0) is 11.2 Å². The Bertz CT molecular complexity index is 285. The highest BCUT2D eigenvalue weighted by Gasteiger charge is 2.15. The first-order valence-electron chi connectivity index (χ1n) is 5.39. The SMILES string of the molecule is CC.CC(=O)Cc1ccccc1.CC(F)(F)F. The second kappa shape index (κ2) is 9.87. The highest BCUT2D eigenvalue weighted by atomic mass is 19.4. The summed E-state index contributed by atoms with van der Waals surface area (Å²) in [6, 6.07) is 9.75. The molecule has 0 N–H and O–H groups in total. The predicted octanol–water partition coefficient (Wildman–Crippen LogP) is 4.41. The number of benzene rings is 1. The normalized spacial score (nSPS) is 9.35. The molecule has 1 nitrogen and oxygen atoms in total. The standard InChI is InChI=1S/C9H10O.C2H3F3.C2H6/c1-8(10)7-9-5-3-2-4-6-9;1-2(3,4)5;1-2/h2-6H,7H2,1H3;1H3;1-2H3. The number of carbonyl (C=O) groups excluding carboxylic acids is 1. The molecule has 98 valence electrons. The van der Waals surface area contributed by atoms with Crippen molar-refractivity contribution in [2.24, 2.45) is 0 Å². The van der Waals surface area contributed by atoms with Crippen LogP contribution in [0.25, 0.3) is 0 Å². The van der Waals surface area contributed by atoms with Crippen molar-refractivity contribution in [3.63, 3.8) is 0 Å². The number of hydrogen-bond donors (Lipinski definition) is 0. The molecule has 0 aliphatic carbocycles. The molecule has 1 rings (SSSR count). The minimum atomic E-state index is -4.00. The largest absolute Gasteiger partial charge is 0.386 e. The van der Waals surface area contributed by atoms with Crippen LogP contribution in [0.5, 0.6) is 0 Å². The van der Waals surface area contributed by atoms with E-state index in [-0.39, 0.29) is 12.7 Å². The maximum atomic E-state index is 10.6. The minimum Gasteiger partial charge on any atom is -0.300 e. The van der Waals surface area contributed by atoms with E-state index in [4.69, 9.17) is 0 Å². The fraction of sp³-hybridized carbons (Fsp3) is 0.462. The van der Waals surface area contributed by atoms with Crippen LogP contribution >= 0.6 is 0 Å². The van der Waals surface area contributed by atoms with Gasteiger partial charge in [-0.1, -0.05) is 44.2 Å². The first-order valence-corrected chi connectivity index (χ1v) is 5.39. The Morgan fingerprint density at radius 3 is 1.76 bits per heavy atom. The van der Waals surface area contributed by atoms with Crippen molar-refractivity contribution in [1.29, 1.82) is 0 Å². The van der Waals surface area contributed by atoms with E-state index in [0.29, 0.717) is 6.42 Å². The van der Waals surface area contributed by atoms with Crippen molar-refractivity contribution in [1.82, 2.24) is 0 Å². The molecule has 0 fully saturated rings. The van der Waals surface area contributed by atoms with Gasteiger partial charge >= 0.3 is 6.18 Å². The van der Waals surface area contributed by atoms with Crippen molar-refractivity contribution >= 4 is 5.78 Å². The lowest BCUT2D eigenvalue weighted by molar-refractivity contribution is -0.116. The lowest BCUT2D eigenvalue weighted by atomic mass is 10.1. The van der Waals surface area contributed by atoms with E-state index < -0.39 is 6.18 Å². The summed E-state index contributed by atoms with van der Waals surface area (Å²) in [5.74, 6) is 0.214. The molecule has 4 heteroatoms. The zero-order chi connectivity index (χ0) is 13.9. The van der Waals surface area contributed by atoms with Crippen LogP contribution in [0.1, 0.15) is 33.3 Å². The summed E-state index contributed by atoms with van der Waals surface area (Å²) in [4.78, 5) is 10.6. The Labute approximate surface area is 101 Å². The summed E-state index contributed by atoms with van der Waals surface area (Å²) < 4.78 is 31.1. The third kappa shape index (κ3) is 20.7. The maximum Gasteiger partial charge on any atom is 0.386 e. The number of Topliss-reactive ketones (excluding diaryl/α,β-unsaturated/α-hetero) is 1. The van der Waals surface area contributed by atoms with E-state index in [0.717, 1.165) is 5.56 Å². The van der Waals surface area contributed by atoms with Gasteiger partial charge in [-0.25, -0.2) is 0 Å². The highest BCUT2D eigenvalue weighted by Crippen LogP contribution is 2.10. The van der Waals surface area contributed by atoms with Gasteiger partial charge < -0.3 is 0 Å². The molecule has 0 aromatic heterocycles. The van der Waals surface area contributed by atoms with E-state index >= 15 is 0 Å². The summed E-state index contributed by atoms with van der Waals surface area (Å²) in [5, 5.41) is 0. The van der Waals surface area contributed by atoms with Crippen LogP contribution in [0.2, 0.25) is 0 Å². The molecule has 0 saturated carbocycles. The first-order chi connectivity index (χ1) is 7.79. The molecular weight excluding hydrogens is 229 g/mol. The van der Waals surface area contributed by atoms with Crippen molar-refractivity contribution in [3.05, 3.63) is 35.9 Å². The summed E-state index contributed by atoms with van der Waals surface area (Å²) in [7, 11) is 0. The molecule has 0 amide bonds. The number of halogens is 3. The summed E-state index contributed by atoms with van der Waals surface area (Å²) in [6.07, 6.45) is -3.44. The molecule has 0 radical (unpaired) electrons. The molecule has 1 aromatic rings. The molecule has 0 atom stereocenters. The topological polar surface area (TPSA) is 17.1 Å². The van der Waals surface area contributed by atoms with Gasteiger partial charge in [-0.05, 0) is 12.5 Å². The lowest BCUT2D eigenvalue weighted by Gasteiger charge is -1.93. The average molecular weight is 248 g/mol. The van der Waals surface area contributed by atoms with Crippen molar-refractivity contribution in [2.45, 2.75) is 40.3 Å². The quantitative estimate of drug-likeness (QED) is 0.757. The minimum absolute atomic E-state index is 0.188. The molecule has 1 aromatic carbocycles. The number of alkyl halides is 3. The summed E-state index contributed by atoms with van der Waals surface area (Å²) >= 11 is 0. The second-order valence-corrected chi connectivity index (χ2v) is 3.15. The first kappa shape index (κ1) is 18.1. The second-order valence-electron chi connectivity index (χ2n) is 3.15. The Kier molecular flexibility index (Phi) is 10.5. The number of rotatable bonds is 2. The van der Waals surface area contributed by atoms with E-state index in [1.807, 2.05) is 44.2 Å². The Balaban J connectivity index is 0. The van der Waals surface area contributed by atoms with Gasteiger partial charge in [-0.15, -0.1) is 0 Å². The smallest absolute Gasteiger partial charge is 0.300 e. The van der Waals surface area contributed by atoms with Gasteiger partial charge in [-0.2, -0.15) is 13.2 Å². The third-order valence-corrected chi connectivity index (χ3v) is 1.30. The molecular formula is C13H19F3O. The Morgan fingerprint density at radius 2 is 1.47 bits per heavy atom. The van der Waals surface area contributed by atoms with Crippen molar-refractivity contribution in [3.8, 4) is 0 Å². The molecule has 0 heterocycles. The lowest BCUT2D eigenvalue weighted by Crippen LogP contribution is -1.95. The van der Waals surface area contributed by atoms with Crippen LogP contribution < -0.4 is 0 Å². The van der Waals surface area contributed by atoms with E-state index in [9.17, 15) is 18.0 Å². The van der Waals surface area contributed by atoms with Crippen LogP contribution in [0.4, 0.5) is 13.2 Å². The molecule has 0 saturated heterocycles. The van der Waals surface area contributed by atoms with E-state index in [1.54, 1.807) is 6.92 Å². The van der Waals surface area contributed by atoms with Crippen LogP contribution in [0, 0.1) is 0 Å². The molecule has 17 heavy (non-hydrogen) atoms.